The van der Waals surface area contributed by atoms with Gasteiger partial charge in [-0.25, -0.2) is 13.1 Å². The molecule has 0 aromatic heterocycles. The van der Waals surface area contributed by atoms with E-state index >= 15 is 0 Å². The van der Waals surface area contributed by atoms with E-state index in [4.69, 9.17) is 0 Å². The normalized spacial score (nSPS) is 37.8. The molecule has 0 amide bonds. The van der Waals surface area contributed by atoms with Crippen molar-refractivity contribution in [2.45, 2.75) is 58.9 Å². The minimum absolute atomic E-state index is 0.0555. The highest BCUT2D eigenvalue weighted by Gasteiger charge is 2.68. The molecule has 3 rings (SSSR count). The highest BCUT2D eigenvalue weighted by Crippen LogP contribution is 2.70. The second-order valence-corrected chi connectivity index (χ2v) is 9.06. The molecule has 2 bridgehead atoms. The summed E-state index contributed by atoms with van der Waals surface area (Å²) in [6.07, 6.45) is 4.37. The lowest BCUT2D eigenvalue weighted by atomic mass is 9.37. The van der Waals surface area contributed by atoms with Gasteiger partial charge in [-0.2, -0.15) is 0 Å². The Balaban J connectivity index is 1.90. The van der Waals surface area contributed by atoms with Crippen molar-refractivity contribution < 1.29 is 8.42 Å². The Bertz CT molecular complexity index is 372. The largest absolute Gasteiger partial charge is 0.212 e. The molecular weight excluding hydrogens is 222 g/mol. The quantitative estimate of drug-likeness (QED) is 0.826. The van der Waals surface area contributed by atoms with Gasteiger partial charge in [0.1, 0.15) is 0 Å². The van der Waals surface area contributed by atoms with Crippen molar-refractivity contribution in [1.29, 1.82) is 0 Å². The third-order valence-electron chi connectivity index (χ3n) is 3.80. The molecule has 0 radical (unpaired) electrons. The molecule has 4 heteroatoms. The molecule has 0 unspecified atom stereocenters. The molecular formula is C12H23NO2S. The van der Waals surface area contributed by atoms with E-state index in [2.05, 4.69) is 25.5 Å². The van der Waals surface area contributed by atoms with Crippen molar-refractivity contribution in [3.05, 3.63) is 0 Å². The van der Waals surface area contributed by atoms with E-state index in [0.717, 1.165) is 19.3 Å². The van der Waals surface area contributed by atoms with Gasteiger partial charge in [-0.3, -0.25) is 0 Å². The van der Waals surface area contributed by atoms with Crippen LogP contribution in [-0.2, 0) is 10.0 Å². The van der Waals surface area contributed by atoms with Crippen LogP contribution < -0.4 is 4.72 Å². The summed E-state index contributed by atoms with van der Waals surface area (Å²) in [5.74, 6) is 0.195. The highest BCUT2D eigenvalue weighted by atomic mass is 32.2. The summed E-state index contributed by atoms with van der Waals surface area (Å²) in [4.78, 5) is 0. The van der Waals surface area contributed by atoms with Gasteiger partial charge in [0.25, 0.3) is 0 Å². The maximum absolute atomic E-state index is 11.5. The molecule has 3 fully saturated rings. The van der Waals surface area contributed by atoms with Gasteiger partial charge in [-0.15, -0.1) is 0 Å². The van der Waals surface area contributed by atoms with E-state index in [1.165, 1.54) is 6.42 Å². The fraction of sp³-hybridized carbons (Fsp3) is 1.00. The van der Waals surface area contributed by atoms with Gasteiger partial charge in [0.2, 0.25) is 10.0 Å². The average Bonchev–Trinajstić information content (AvgIpc) is 1.95. The summed E-state index contributed by atoms with van der Waals surface area (Å²) < 4.78 is 25.9. The van der Waals surface area contributed by atoms with E-state index in [0.29, 0.717) is 10.8 Å². The van der Waals surface area contributed by atoms with Gasteiger partial charge < -0.3 is 0 Å². The topological polar surface area (TPSA) is 46.2 Å². The van der Waals surface area contributed by atoms with E-state index < -0.39 is 10.0 Å². The van der Waals surface area contributed by atoms with Crippen LogP contribution in [0.3, 0.4) is 0 Å². The number of rotatable bonds is 4. The predicted octanol–water partition coefficient (Wildman–Crippen LogP) is 2.28. The monoisotopic (exact) mass is 245 g/mol. The van der Waals surface area contributed by atoms with Gasteiger partial charge >= 0.3 is 0 Å². The fourth-order valence-corrected chi connectivity index (χ4v) is 4.84. The SMILES string of the molecule is CCS(=O)(=O)NC12CC(CC(C)(C)C)(C1)C2. The average molecular weight is 245 g/mol. The van der Waals surface area contributed by atoms with Crippen LogP contribution >= 0.6 is 0 Å². The highest BCUT2D eigenvalue weighted by molar-refractivity contribution is 7.89. The summed E-state index contributed by atoms with van der Waals surface area (Å²) in [7, 11) is -3.02. The van der Waals surface area contributed by atoms with Gasteiger partial charge in [-0.05, 0) is 43.4 Å². The molecule has 3 aliphatic carbocycles. The number of hydrogen-bond donors (Lipinski definition) is 1. The van der Waals surface area contributed by atoms with Crippen LogP contribution in [-0.4, -0.2) is 19.7 Å². The van der Waals surface area contributed by atoms with Crippen molar-refractivity contribution >= 4 is 10.0 Å². The first-order valence-corrected chi connectivity index (χ1v) is 7.76. The van der Waals surface area contributed by atoms with Crippen LogP contribution in [0.4, 0.5) is 0 Å². The minimum atomic E-state index is -3.02. The molecule has 94 valence electrons. The minimum Gasteiger partial charge on any atom is -0.212 e. The van der Waals surface area contributed by atoms with Crippen LogP contribution in [0.2, 0.25) is 0 Å². The standard InChI is InChI=1S/C12H23NO2S/c1-5-16(14,15)13-12-7-11(8-12,9-12)6-10(2,3)4/h13H,5-9H2,1-4H3. The van der Waals surface area contributed by atoms with Crippen LogP contribution in [0.1, 0.15) is 53.4 Å². The Labute approximate surface area is 99.1 Å². The Morgan fingerprint density at radius 3 is 2.06 bits per heavy atom. The van der Waals surface area contributed by atoms with E-state index in [1.807, 2.05) is 0 Å². The summed E-state index contributed by atoms with van der Waals surface area (Å²) >= 11 is 0. The zero-order valence-corrected chi connectivity index (χ0v) is 11.6. The third-order valence-corrected chi connectivity index (χ3v) is 5.30. The summed E-state index contributed by atoms with van der Waals surface area (Å²) in [6, 6.07) is 0. The molecule has 3 nitrogen and oxygen atoms in total. The van der Waals surface area contributed by atoms with Crippen LogP contribution in [0.15, 0.2) is 0 Å². The zero-order valence-electron chi connectivity index (χ0n) is 10.8. The van der Waals surface area contributed by atoms with Crippen molar-refractivity contribution in [2.75, 3.05) is 5.75 Å². The molecule has 0 aromatic carbocycles. The van der Waals surface area contributed by atoms with Crippen molar-refractivity contribution in [1.82, 2.24) is 4.72 Å². The lowest BCUT2D eigenvalue weighted by Gasteiger charge is -2.72. The van der Waals surface area contributed by atoms with Crippen molar-refractivity contribution in [3.63, 3.8) is 0 Å². The van der Waals surface area contributed by atoms with Crippen molar-refractivity contribution in [3.8, 4) is 0 Å². The molecule has 0 saturated heterocycles. The van der Waals surface area contributed by atoms with Gasteiger partial charge in [0.05, 0.1) is 5.75 Å². The van der Waals surface area contributed by atoms with Crippen LogP contribution in [0.25, 0.3) is 0 Å². The van der Waals surface area contributed by atoms with Gasteiger partial charge in [0.15, 0.2) is 0 Å². The lowest BCUT2D eigenvalue weighted by Crippen LogP contribution is -2.75. The van der Waals surface area contributed by atoms with Gasteiger partial charge in [0, 0.05) is 5.54 Å². The molecule has 1 N–H and O–H groups in total. The Morgan fingerprint density at radius 2 is 1.69 bits per heavy atom. The van der Waals surface area contributed by atoms with Crippen LogP contribution in [0, 0.1) is 10.8 Å². The Hall–Kier alpha value is -0.0900. The predicted molar refractivity (Wildman–Crippen MR) is 65.7 cm³/mol. The molecule has 0 spiro atoms. The maximum atomic E-state index is 11.5. The van der Waals surface area contributed by atoms with E-state index in [9.17, 15) is 8.42 Å². The molecule has 0 aromatic rings. The fourth-order valence-electron chi connectivity index (χ4n) is 3.82. The number of sulfonamides is 1. The van der Waals surface area contributed by atoms with E-state index in [-0.39, 0.29) is 11.3 Å². The maximum Gasteiger partial charge on any atom is 0.211 e. The van der Waals surface area contributed by atoms with Gasteiger partial charge in [-0.1, -0.05) is 20.8 Å². The van der Waals surface area contributed by atoms with Crippen LogP contribution in [0.5, 0.6) is 0 Å². The van der Waals surface area contributed by atoms with E-state index in [1.54, 1.807) is 6.92 Å². The molecule has 0 aliphatic heterocycles. The first-order valence-electron chi connectivity index (χ1n) is 6.11. The molecule has 3 aliphatic rings. The third kappa shape index (κ3) is 2.14. The number of hydrogen-bond acceptors (Lipinski definition) is 2. The Kier molecular flexibility index (Phi) is 2.49. The lowest BCUT2D eigenvalue weighted by molar-refractivity contribution is -0.161. The number of nitrogens with one attached hydrogen (secondary N) is 1. The summed E-state index contributed by atoms with van der Waals surface area (Å²) in [5.41, 5.74) is 0.755. The molecule has 0 atom stereocenters. The second-order valence-electron chi connectivity index (χ2n) is 7.05. The second kappa shape index (κ2) is 3.22. The molecule has 0 heterocycles. The first-order chi connectivity index (χ1) is 7.10. The Morgan fingerprint density at radius 1 is 1.19 bits per heavy atom. The zero-order chi connectivity index (χ0) is 12.2. The molecule has 3 saturated carbocycles. The first kappa shape index (κ1) is 12.4. The smallest absolute Gasteiger partial charge is 0.211 e. The van der Waals surface area contributed by atoms with Crippen molar-refractivity contribution in [2.24, 2.45) is 10.8 Å². The summed E-state index contributed by atoms with van der Waals surface area (Å²) in [6.45, 7) is 8.47. The summed E-state index contributed by atoms with van der Waals surface area (Å²) in [5, 5.41) is 0. The molecule has 16 heavy (non-hydrogen) atoms.